The summed E-state index contributed by atoms with van der Waals surface area (Å²) in [6.45, 7) is 6.73. The van der Waals surface area contributed by atoms with Crippen molar-refractivity contribution in [2.24, 2.45) is 0 Å². The number of benzene rings is 2. The molecule has 0 saturated heterocycles. The Bertz CT molecular complexity index is 524. The van der Waals surface area contributed by atoms with Crippen LogP contribution in [-0.2, 0) is 5.41 Å². The predicted octanol–water partition coefficient (Wildman–Crippen LogP) is 1.77. The van der Waals surface area contributed by atoms with Crippen LogP contribution in [0.15, 0.2) is 48.5 Å². The quantitative estimate of drug-likeness (QED) is 0.706. The maximum atomic E-state index is 6.01. The minimum atomic E-state index is -0.122. The average molecular weight is 372 g/mol. The second kappa shape index (κ2) is 5.62. The fraction of sp³-hybridized carbons (Fsp3) is 0.250. The molecule has 0 aliphatic carbocycles. The van der Waals surface area contributed by atoms with E-state index in [2.05, 4.69) is 57.2 Å². The molecule has 18 heavy (non-hydrogen) atoms. The molecule has 0 heterocycles. The first-order valence-corrected chi connectivity index (χ1v) is 8.50. The molecule has 2 heteroatoms. The number of hydrogen-bond donors (Lipinski definition) is 0. The zero-order valence-corrected chi connectivity index (χ0v) is 13.8. The van der Waals surface area contributed by atoms with Crippen molar-refractivity contribution in [3.63, 3.8) is 0 Å². The van der Waals surface area contributed by atoms with Gasteiger partial charge in [-0.2, -0.15) is 0 Å². The zero-order valence-electron chi connectivity index (χ0n) is 10.9. The fourth-order valence-corrected chi connectivity index (χ4v) is 4.35. The van der Waals surface area contributed by atoms with Gasteiger partial charge in [0, 0.05) is 0 Å². The molecule has 0 N–H and O–H groups in total. The molecular formula is C16H17ClI-. The number of rotatable bonds is 2. The summed E-state index contributed by atoms with van der Waals surface area (Å²) in [5, 5.41) is 0.832. The number of hydrogen-bond acceptors (Lipinski definition) is 0. The van der Waals surface area contributed by atoms with Crippen molar-refractivity contribution < 1.29 is 21.2 Å². The first-order chi connectivity index (χ1) is 8.45. The van der Waals surface area contributed by atoms with Crippen LogP contribution in [0.25, 0.3) is 0 Å². The third-order valence-electron chi connectivity index (χ3n) is 2.72. The van der Waals surface area contributed by atoms with Crippen molar-refractivity contribution in [2.75, 3.05) is 0 Å². The van der Waals surface area contributed by atoms with Gasteiger partial charge < -0.3 is 0 Å². The van der Waals surface area contributed by atoms with Crippen LogP contribution in [0.1, 0.15) is 26.3 Å². The Morgan fingerprint density at radius 3 is 2.11 bits per heavy atom. The van der Waals surface area contributed by atoms with E-state index < -0.39 is 0 Å². The summed E-state index contributed by atoms with van der Waals surface area (Å²) in [5.41, 5.74) is 1.62. The summed E-state index contributed by atoms with van der Waals surface area (Å²) in [5.74, 6) is 0. The monoisotopic (exact) mass is 371 g/mol. The van der Waals surface area contributed by atoms with Crippen molar-refractivity contribution >= 4 is 11.6 Å². The third-order valence-corrected chi connectivity index (χ3v) is 5.59. The molecule has 2 aromatic rings. The van der Waals surface area contributed by atoms with Gasteiger partial charge in [0.05, 0.1) is 0 Å². The SMILES string of the molecule is CC(C)(C)c1ccc([I-]c2cccc(Cl)c2)cc1. The molecule has 0 atom stereocenters. The Morgan fingerprint density at radius 1 is 0.889 bits per heavy atom. The normalized spacial score (nSPS) is 11.8. The van der Waals surface area contributed by atoms with E-state index in [1.165, 1.54) is 12.7 Å². The summed E-state index contributed by atoms with van der Waals surface area (Å²) in [4.78, 5) is 0. The molecule has 0 nitrogen and oxygen atoms in total. The Kier molecular flexibility index (Phi) is 4.33. The molecule has 0 saturated carbocycles. The standard InChI is InChI=1S/C16H17ClI/c1-16(2,3)12-7-9-14(10-8-12)18-15-6-4-5-13(17)11-15/h4-11H,1-3H3/q-1. The van der Waals surface area contributed by atoms with Gasteiger partial charge in [-0.1, -0.05) is 0 Å². The van der Waals surface area contributed by atoms with Crippen LogP contribution < -0.4 is 21.2 Å². The van der Waals surface area contributed by atoms with Gasteiger partial charge in [-0.05, 0) is 0 Å². The van der Waals surface area contributed by atoms with Crippen molar-refractivity contribution in [3.05, 3.63) is 66.3 Å². The Morgan fingerprint density at radius 2 is 1.56 bits per heavy atom. The zero-order chi connectivity index (χ0) is 13.2. The topological polar surface area (TPSA) is 0 Å². The molecule has 0 spiro atoms. The van der Waals surface area contributed by atoms with Crippen LogP contribution in [-0.4, -0.2) is 0 Å². The summed E-state index contributed by atoms with van der Waals surface area (Å²) in [6, 6.07) is 17.2. The van der Waals surface area contributed by atoms with Crippen molar-refractivity contribution in [1.82, 2.24) is 0 Å². The van der Waals surface area contributed by atoms with E-state index in [4.69, 9.17) is 11.6 Å². The molecule has 0 bridgehead atoms. The minimum absolute atomic E-state index is 0.122. The van der Waals surface area contributed by atoms with Gasteiger partial charge in [0.2, 0.25) is 0 Å². The van der Waals surface area contributed by atoms with Crippen LogP contribution in [0.3, 0.4) is 0 Å². The molecule has 2 aromatic carbocycles. The number of halogens is 2. The van der Waals surface area contributed by atoms with Crippen LogP contribution in [0.2, 0.25) is 5.02 Å². The van der Waals surface area contributed by atoms with E-state index >= 15 is 0 Å². The first kappa shape index (κ1) is 13.9. The Labute approximate surface area is 125 Å². The van der Waals surface area contributed by atoms with Gasteiger partial charge in [0.25, 0.3) is 0 Å². The van der Waals surface area contributed by atoms with Crippen LogP contribution in [0.4, 0.5) is 0 Å². The molecule has 0 radical (unpaired) electrons. The van der Waals surface area contributed by atoms with Gasteiger partial charge in [-0.25, -0.2) is 0 Å². The average Bonchev–Trinajstić information content (AvgIpc) is 2.28. The molecule has 0 amide bonds. The molecule has 0 aromatic heterocycles. The predicted molar refractivity (Wildman–Crippen MR) is 74.0 cm³/mol. The molecule has 0 fully saturated rings. The van der Waals surface area contributed by atoms with Gasteiger partial charge in [0.1, 0.15) is 0 Å². The maximum absolute atomic E-state index is 6.01. The Balaban J connectivity index is 2.16. The van der Waals surface area contributed by atoms with Gasteiger partial charge in [-0.3, -0.25) is 0 Å². The fourth-order valence-electron chi connectivity index (χ4n) is 1.66. The van der Waals surface area contributed by atoms with Crippen LogP contribution >= 0.6 is 11.6 Å². The van der Waals surface area contributed by atoms with E-state index in [0.29, 0.717) is 0 Å². The van der Waals surface area contributed by atoms with Crippen LogP contribution in [0.5, 0.6) is 0 Å². The van der Waals surface area contributed by atoms with Gasteiger partial charge in [-0.15, -0.1) is 0 Å². The summed E-state index contributed by atoms with van der Waals surface area (Å²) < 4.78 is 2.80. The van der Waals surface area contributed by atoms with Crippen LogP contribution in [0, 0.1) is 7.14 Å². The van der Waals surface area contributed by atoms with Crippen molar-refractivity contribution in [3.8, 4) is 0 Å². The van der Waals surface area contributed by atoms with E-state index in [0.717, 1.165) is 5.02 Å². The second-order valence-corrected chi connectivity index (χ2v) is 8.76. The Hall–Kier alpha value is -0.540. The van der Waals surface area contributed by atoms with E-state index in [1.807, 2.05) is 12.1 Å². The molecule has 0 aliphatic heterocycles. The molecular weight excluding hydrogens is 355 g/mol. The van der Waals surface area contributed by atoms with Crippen molar-refractivity contribution in [2.45, 2.75) is 26.2 Å². The second-order valence-electron chi connectivity index (χ2n) is 5.29. The molecule has 2 rings (SSSR count). The van der Waals surface area contributed by atoms with Crippen molar-refractivity contribution in [1.29, 1.82) is 0 Å². The third kappa shape index (κ3) is 3.72. The van der Waals surface area contributed by atoms with Gasteiger partial charge in [0.15, 0.2) is 0 Å². The van der Waals surface area contributed by atoms with E-state index in [-0.39, 0.29) is 26.6 Å². The van der Waals surface area contributed by atoms with Gasteiger partial charge >= 0.3 is 125 Å². The molecule has 0 aliphatic rings. The summed E-state index contributed by atoms with van der Waals surface area (Å²) in [6.07, 6.45) is 0. The van der Waals surface area contributed by atoms with E-state index in [1.54, 1.807) is 0 Å². The summed E-state index contributed by atoms with van der Waals surface area (Å²) >= 11 is 5.89. The molecule has 0 unspecified atom stereocenters. The molecule has 96 valence electrons. The first-order valence-electron chi connectivity index (χ1n) is 5.96. The van der Waals surface area contributed by atoms with E-state index in [9.17, 15) is 0 Å². The summed E-state index contributed by atoms with van der Waals surface area (Å²) in [7, 11) is 0.